The second kappa shape index (κ2) is 1.29. The molecule has 0 spiro atoms. The predicted octanol–water partition coefficient (Wildman–Crippen LogP) is -0.986. The SMILES string of the molecule is [O-][N+]1=C(O)NCC1. The Morgan fingerprint density at radius 3 is 2.71 bits per heavy atom. The van der Waals surface area contributed by atoms with Crippen molar-refractivity contribution in [3.63, 3.8) is 0 Å². The van der Waals surface area contributed by atoms with Gasteiger partial charge in [-0.3, -0.25) is 0 Å². The normalized spacial score (nSPS) is 20.0. The van der Waals surface area contributed by atoms with Gasteiger partial charge in [0, 0.05) is 0 Å². The third-order valence-electron chi connectivity index (χ3n) is 0.834. The molecule has 0 aromatic rings. The molecule has 1 aliphatic rings. The Kier molecular flexibility index (Phi) is 0.780. The van der Waals surface area contributed by atoms with Crippen LogP contribution in [0.3, 0.4) is 0 Å². The molecule has 0 radical (unpaired) electrons. The molecule has 1 rings (SSSR count). The summed E-state index contributed by atoms with van der Waals surface area (Å²) in [5.74, 6) is 0. The maximum atomic E-state index is 10.1. The summed E-state index contributed by atoms with van der Waals surface area (Å²) in [6, 6.07) is -0.264. The minimum atomic E-state index is -0.264. The lowest BCUT2D eigenvalue weighted by Crippen LogP contribution is -2.19. The number of hydroxylamine groups is 1. The number of nitrogens with one attached hydrogen (secondary N) is 1. The Labute approximate surface area is 40.7 Å². The van der Waals surface area contributed by atoms with Crippen LogP contribution in [-0.2, 0) is 0 Å². The minimum Gasteiger partial charge on any atom is -0.713 e. The van der Waals surface area contributed by atoms with Crippen LogP contribution in [0.4, 0.5) is 0 Å². The fourth-order valence-corrected chi connectivity index (χ4v) is 0.463. The van der Waals surface area contributed by atoms with Crippen LogP contribution in [0.1, 0.15) is 0 Å². The second-order valence-electron chi connectivity index (χ2n) is 1.35. The number of amidine groups is 1. The molecule has 0 unspecified atom stereocenters. The van der Waals surface area contributed by atoms with Crippen LogP contribution >= 0.6 is 0 Å². The molecule has 0 saturated heterocycles. The zero-order valence-electron chi connectivity index (χ0n) is 3.72. The van der Waals surface area contributed by atoms with E-state index in [0.717, 1.165) is 0 Å². The van der Waals surface area contributed by atoms with Gasteiger partial charge < -0.3 is 10.3 Å². The molecule has 1 heterocycles. The van der Waals surface area contributed by atoms with Crippen molar-refractivity contribution in [3.8, 4) is 0 Å². The van der Waals surface area contributed by atoms with E-state index in [4.69, 9.17) is 5.11 Å². The van der Waals surface area contributed by atoms with Gasteiger partial charge in [0.1, 0.15) is 13.1 Å². The third kappa shape index (κ3) is 0.581. The third-order valence-corrected chi connectivity index (χ3v) is 0.834. The smallest absolute Gasteiger partial charge is 0.444 e. The highest BCUT2D eigenvalue weighted by molar-refractivity contribution is 5.66. The summed E-state index contributed by atoms with van der Waals surface area (Å²) < 4.78 is 0.514. The van der Waals surface area contributed by atoms with E-state index in [-0.39, 0.29) is 6.02 Å². The topological polar surface area (TPSA) is 58.3 Å². The number of rotatable bonds is 0. The summed E-state index contributed by atoms with van der Waals surface area (Å²) in [7, 11) is 0. The second-order valence-corrected chi connectivity index (χ2v) is 1.35. The summed E-state index contributed by atoms with van der Waals surface area (Å²) >= 11 is 0. The van der Waals surface area contributed by atoms with Gasteiger partial charge in [-0.2, -0.15) is 0 Å². The first-order valence-electron chi connectivity index (χ1n) is 2.05. The zero-order chi connectivity index (χ0) is 5.28. The van der Waals surface area contributed by atoms with E-state index >= 15 is 0 Å². The van der Waals surface area contributed by atoms with E-state index in [1.165, 1.54) is 0 Å². The van der Waals surface area contributed by atoms with Crippen LogP contribution in [-0.4, -0.2) is 29.0 Å². The first-order chi connectivity index (χ1) is 3.30. The lowest BCUT2D eigenvalue weighted by Gasteiger charge is -1.96. The number of hydrogen-bond donors (Lipinski definition) is 2. The van der Waals surface area contributed by atoms with Crippen LogP contribution in [0.15, 0.2) is 0 Å². The monoisotopic (exact) mass is 102 g/mol. The summed E-state index contributed by atoms with van der Waals surface area (Å²) in [5, 5.41) is 21.0. The standard InChI is InChI=1S/C3H6N2O2/c6-3-4-1-2-5(3)7/h4,6H,1-2H2. The molecule has 4 heteroatoms. The first-order valence-corrected chi connectivity index (χ1v) is 2.05. The number of aliphatic hydroxyl groups is 1. The van der Waals surface area contributed by atoms with E-state index in [1.54, 1.807) is 0 Å². The molecule has 0 atom stereocenters. The van der Waals surface area contributed by atoms with Gasteiger partial charge in [-0.1, -0.05) is 0 Å². The molecule has 1 aliphatic heterocycles. The maximum absolute atomic E-state index is 10.1. The highest BCUT2D eigenvalue weighted by Gasteiger charge is 2.11. The molecule has 7 heavy (non-hydrogen) atoms. The van der Waals surface area contributed by atoms with E-state index in [0.29, 0.717) is 17.8 Å². The lowest BCUT2D eigenvalue weighted by atomic mass is 10.7. The quantitative estimate of drug-likeness (QED) is 0.305. The fraction of sp³-hybridized carbons (Fsp3) is 0.667. The van der Waals surface area contributed by atoms with Gasteiger partial charge in [-0.05, 0) is 0 Å². The van der Waals surface area contributed by atoms with Crippen molar-refractivity contribution in [1.29, 1.82) is 0 Å². The Bertz CT molecular complexity index is 97.5. The van der Waals surface area contributed by atoms with Crippen molar-refractivity contribution in [2.45, 2.75) is 0 Å². The fourth-order valence-electron chi connectivity index (χ4n) is 0.463. The highest BCUT2D eigenvalue weighted by atomic mass is 16.5. The molecule has 0 amide bonds. The Balaban J connectivity index is 2.64. The zero-order valence-corrected chi connectivity index (χ0v) is 3.72. The van der Waals surface area contributed by atoms with E-state index in [1.807, 2.05) is 0 Å². The van der Waals surface area contributed by atoms with E-state index in [2.05, 4.69) is 5.32 Å². The van der Waals surface area contributed by atoms with Crippen LogP contribution in [0, 0.1) is 5.21 Å². The van der Waals surface area contributed by atoms with Crippen molar-refractivity contribution >= 4 is 6.02 Å². The molecule has 40 valence electrons. The van der Waals surface area contributed by atoms with Crippen molar-refractivity contribution in [2.75, 3.05) is 13.1 Å². The van der Waals surface area contributed by atoms with Crippen LogP contribution in [0.5, 0.6) is 0 Å². The molecule has 0 fully saturated rings. The Morgan fingerprint density at radius 2 is 2.57 bits per heavy atom. The molecule has 0 bridgehead atoms. The van der Waals surface area contributed by atoms with Crippen LogP contribution < -0.4 is 5.32 Å². The largest absolute Gasteiger partial charge is 0.713 e. The van der Waals surface area contributed by atoms with Crippen molar-refractivity contribution in [2.24, 2.45) is 0 Å². The van der Waals surface area contributed by atoms with Gasteiger partial charge >= 0.3 is 6.02 Å². The molecular formula is C3H6N2O2. The molecule has 0 saturated carbocycles. The van der Waals surface area contributed by atoms with Gasteiger partial charge in [0.05, 0.1) is 0 Å². The number of hydrogen-bond acceptors (Lipinski definition) is 2. The number of nitrogens with zero attached hydrogens (tertiary/aromatic N) is 1. The van der Waals surface area contributed by atoms with E-state index in [9.17, 15) is 5.21 Å². The summed E-state index contributed by atoms with van der Waals surface area (Å²) in [6.45, 7) is 0.904. The van der Waals surface area contributed by atoms with Crippen molar-refractivity contribution < 1.29 is 9.85 Å². The average Bonchev–Trinajstić information content (AvgIpc) is 1.91. The lowest BCUT2D eigenvalue weighted by molar-refractivity contribution is -0.454. The van der Waals surface area contributed by atoms with Gasteiger partial charge in [-0.15, -0.1) is 0 Å². The first kappa shape index (κ1) is 4.23. The van der Waals surface area contributed by atoms with E-state index < -0.39 is 0 Å². The molecule has 0 aliphatic carbocycles. The summed E-state index contributed by atoms with van der Waals surface area (Å²) in [6.07, 6.45) is 0. The average molecular weight is 102 g/mol. The number of aliphatic hydroxyl groups excluding tert-OH is 1. The van der Waals surface area contributed by atoms with Gasteiger partial charge in [-0.25, -0.2) is 10.1 Å². The van der Waals surface area contributed by atoms with Gasteiger partial charge in [0.2, 0.25) is 0 Å². The van der Waals surface area contributed by atoms with Crippen LogP contribution in [0.25, 0.3) is 0 Å². The van der Waals surface area contributed by atoms with Gasteiger partial charge in [0.25, 0.3) is 0 Å². The molecular weight excluding hydrogens is 96.0 g/mol. The predicted molar refractivity (Wildman–Crippen MR) is 24.1 cm³/mol. The summed E-state index contributed by atoms with van der Waals surface area (Å²) in [4.78, 5) is 0. The summed E-state index contributed by atoms with van der Waals surface area (Å²) in [5.41, 5.74) is 0. The highest BCUT2D eigenvalue weighted by Crippen LogP contribution is 1.78. The molecule has 0 aromatic heterocycles. The molecule has 2 N–H and O–H groups in total. The van der Waals surface area contributed by atoms with Gasteiger partial charge in [0.15, 0.2) is 0 Å². The Morgan fingerprint density at radius 1 is 1.86 bits per heavy atom. The van der Waals surface area contributed by atoms with Crippen LogP contribution in [0.2, 0.25) is 0 Å². The maximum Gasteiger partial charge on any atom is 0.444 e. The molecule has 4 nitrogen and oxygen atoms in total. The minimum absolute atomic E-state index is 0.264. The van der Waals surface area contributed by atoms with Crippen molar-refractivity contribution in [3.05, 3.63) is 5.21 Å². The Hall–Kier alpha value is -0.930. The molecule has 0 aromatic carbocycles. The van der Waals surface area contributed by atoms with Crippen molar-refractivity contribution in [1.82, 2.24) is 5.32 Å².